The molecule has 1 aromatic heterocycles. The molecular formula is C16H19N3OS. The average molecular weight is 301 g/mol. The fourth-order valence-electron chi connectivity index (χ4n) is 2.53. The summed E-state index contributed by atoms with van der Waals surface area (Å²) in [7, 11) is 2.02. The van der Waals surface area contributed by atoms with Gasteiger partial charge >= 0.3 is 6.03 Å². The van der Waals surface area contributed by atoms with Gasteiger partial charge in [0.25, 0.3) is 0 Å². The first-order valence-corrected chi connectivity index (χ1v) is 8.12. The van der Waals surface area contributed by atoms with Gasteiger partial charge in [-0.2, -0.15) is 0 Å². The van der Waals surface area contributed by atoms with Gasteiger partial charge in [0, 0.05) is 32.1 Å². The van der Waals surface area contributed by atoms with Crippen LogP contribution in [-0.4, -0.2) is 27.8 Å². The van der Waals surface area contributed by atoms with Crippen LogP contribution in [0.5, 0.6) is 0 Å². The Balaban J connectivity index is 1.65. The molecule has 1 atom stereocenters. The van der Waals surface area contributed by atoms with Crippen molar-refractivity contribution in [2.24, 2.45) is 7.05 Å². The third-order valence-electron chi connectivity index (χ3n) is 3.68. The number of aromatic nitrogens is 1. The molecule has 0 radical (unpaired) electrons. The predicted molar refractivity (Wildman–Crippen MR) is 86.0 cm³/mol. The fraction of sp³-hybridized carbons (Fsp3) is 0.312. The summed E-state index contributed by atoms with van der Waals surface area (Å²) in [6.07, 6.45) is 2.02. The van der Waals surface area contributed by atoms with Crippen molar-refractivity contribution in [3.05, 3.63) is 59.9 Å². The minimum atomic E-state index is 0.00931. The normalized spacial score (nSPS) is 18.0. The number of urea groups is 1. The summed E-state index contributed by atoms with van der Waals surface area (Å²) in [6.45, 7) is 1.36. The lowest BCUT2D eigenvalue weighted by molar-refractivity contribution is 0.198. The van der Waals surface area contributed by atoms with E-state index in [-0.39, 0.29) is 11.4 Å². The van der Waals surface area contributed by atoms with Crippen molar-refractivity contribution < 1.29 is 4.79 Å². The standard InChI is InChI=1S/C16H19N3OS/c1-18-9-5-8-14(18)15-19(10-11-21-15)16(20)17-12-13-6-3-2-4-7-13/h2-9,15H,10-12H2,1H3,(H,17,20). The van der Waals surface area contributed by atoms with Crippen molar-refractivity contribution in [2.45, 2.75) is 11.9 Å². The van der Waals surface area contributed by atoms with E-state index < -0.39 is 0 Å². The van der Waals surface area contributed by atoms with Gasteiger partial charge in [0.2, 0.25) is 0 Å². The molecule has 1 aromatic carbocycles. The molecule has 1 N–H and O–H groups in total. The Morgan fingerprint density at radius 1 is 1.29 bits per heavy atom. The lowest BCUT2D eigenvalue weighted by Gasteiger charge is -2.24. The van der Waals surface area contributed by atoms with Gasteiger partial charge in [-0.05, 0) is 17.7 Å². The highest BCUT2D eigenvalue weighted by molar-refractivity contribution is 7.99. The third-order valence-corrected chi connectivity index (χ3v) is 4.91. The molecule has 1 saturated heterocycles. The van der Waals surface area contributed by atoms with Crippen LogP contribution in [0.15, 0.2) is 48.7 Å². The van der Waals surface area contributed by atoms with E-state index >= 15 is 0 Å². The molecule has 3 rings (SSSR count). The molecule has 2 amide bonds. The number of carbonyl (C=O) groups excluding carboxylic acids is 1. The summed E-state index contributed by atoms with van der Waals surface area (Å²) in [5.41, 5.74) is 2.29. The van der Waals surface area contributed by atoms with Crippen LogP contribution < -0.4 is 5.32 Å². The van der Waals surface area contributed by atoms with Gasteiger partial charge in [-0.15, -0.1) is 11.8 Å². The first-order chi connectivity index (χ1) is 10.3. The van der Waals surface area contributed by atoms with Crippen molar-refractivity contribution in [3.63, 3.8) is 0 Å². The minimum Gasteiger partial charge on any atom is -0.352 e. The summed E-state index contributed by atoms with van der Waals surface area (Å²) < 4.78 is 2.08. The van der Waals surface area contributed by atoms with Crippen molar-refractivity contribution in [1.29, 1.82) is 0 Å². The van der Waals surface area contributed by atoms with Gasteiger partial charge in [0.1, 0.15) is 5.37 Å². The molecule has 21 heavy (non-hydrogen) atoms. The molecule has 110 valence electrons. The smallest absolute Gasteiger partial charge is 0.318 e. The summed E-state index contributed by atoms with van der Waals surface area (Å²) in [6, 6.07) is 14.1. The van der Waals surface area contributed by atoms with Crippen LogP contribution in [0.4, 0.5) is 4.79 Å². The molecule has 4 nitrogen and oxygen atoms in total. The van der Waals surface area contributed by atoms with Crippen LogP contribution in [0.2, 0.25) is 0 Å². The molecule has 1 fully saturated rings. The number of nitrogens with zero attached hydrogens (tertiary/aromatic N) is 2. The minimum absolute atomic E-state index is 0.00931. The first kappa shape index (κ1) is 14.1. The third kappa shape index (κ3) is 3.08. The maximum Gasteiger partial charge on any atom is 0.318 e. The van der Waals surface area contributed by atoms with Gasteiger partial charge in [-0.25, -0.2) is 4.79 Å². The Kier molecular flexibility index (Phi) is 4.20. The van der Waals surface area contributed by atoms with Gasteiger partial charge in [0.15, 0.2) is 0 Å². The fourth-order valence-corrected chi connectivity index (χ4v) is 3.85. The molecule has 0 aliphatic carbocycles. The Labute approximate surface area is 129 Å². The Bertz CT molecular complexity index is 611. The number of thioether (sulfide) groups is 1. The second-order valence-corrected chi connectivity index (χ2v) is 6.29. The number of hydrogen-bond donors (Lipinski definition) is 1. The molecule has 2 aromatic rings. The SMILES string of the molecule is Cn1cccc1C1SCCN1C(=O)NCc1ccccc1. The quantitative estimate of drug-likeness (QED) is 0.946. The van der Waals surface area contributed by atoms with E-state index in [2.05, 4.69) is 16.0 Å². The number of hydrogen-bond acceptors (Lipinski definition) is 2. The van der Waals surface area contributed by atoms with E-state index in [1.54, 1.807) is 0 Å². The molecule has 0 saturated carbocycles. The predicted octanol–water partition coefficient (Wildman–Crippen LogP) is 2.98. The number of amides is 2. The molecule has 0 bridgehead atoms. The van der Waals surface area contributed by atoms with E-state index in [0.717, 1.165) is 17.9 Å². The highest BCUT2D eigenvalue weighted by Crippen LogP contribution is 2.37. The molecule has 1 unspecified atom stereocenters. The lowest BCUT2D eigenvalue weighted by atomic mass is 10.2. The Hall–Kier alpha value is -1.88. The van der Waals surface area contributed by atoms with Gasteiger partial charge in [-0.3, -0.25) is 0 Å². The number of benzene rings is 1. The van der Waals surface area contributed by atoms with E-state index in [1.807, 2.05) is 66.3 Å². The van der Waals surface area contributed by atoms with Crippen LogP contribution in [0.1, 0.15) is 16.6 Å². The van der Waals surface area contributed by atoms with Crippen LogP contribution in [0.25, 0.3) is 0 Å². The molecule has 1 aliphatic heterocycles. The maximum absolute atomic E-state index is 12.4. The van der Waals surface area contributed by atoms with Crippen molar-refractivity contribution >= 4 is 17.8 Å². The van der Waals surface area contributed by atoms with E-state index in [4.69, 9.17) is 0 Å². The highest BCUT2D eigenvalue weighted by Gasteiger charge is 2.31. The van der Waals surface area contributed by atoms with Gasteiger partial charge in [-0.1, -0.05) is 30.3 Å². The zero-order valence-corrected chi connectivity index (χ0v) is 12.8. The highest BCUT2D eigenvalue weighted by atomic mass is 32.2. The molecule has 5 heteroatoms. The number of aryl methyl sites for hydroxylation is 1. The van der Waals surface area contributed by atoms with Gasteiger partial charge < -0.3 is 14.8 Å². The summed E-state index contributed by atoms with van der Waals surface area (Å²) in [4.78, 5) is 14.3. The first-order valence-electron chi connectivity index (χ1n) is 7.07. The maximum atomic E-state index is 12.4. The number of nitrogens with one attached hydrogen (secondary N) is 1. The average Bonchev–Trinajstić information content (AvgIpc) is 3.14. The molecule has 2 heterocycles. The molecule has 1 aliphatic rings. The van der Waals surface area contributed by atoms with Crippen molar-refractivity contribution in [1.82, 2.24) is 14.8 Å². The van der Waals surface area contributed by atoms with Crippen LogP contribution in [0.3, 0.4) is 0 Å². The molecular weight excluding hydrogens is 282 g/mol. The second-order valence-electron chi connectivity index (χ2n) is 5.10. The summed E-state index contributed by atoms with van der Waals surface area (Å²) >= 11 is 1.82. The Morgan fingerprint density at radius 2 is 2.10 bits per heavy atom. The Morgan fingerprint density at radius 3 is 2.81 bits per heavy atom. The summed E-state index contributed by atoms with van der Waals surface area (Å²) in [5, 5.41) is 3.13. The van der Waals surface area contributed by atoms with Gasteiger partial charge in [0.05, 0.1) is 5.69 Å². The van der Waals surface area contributed by atoms with E-state index in [9.17, 15) is 4.79 Å². The van der Waals surface area contributed by atoms with E-state index in [1.165, 1.54) is 5.69 Å². The zero-order chi connectivity index (χ0) is 14.7. The topological polar surface area (TPSA) is 37.3 Å². The second kappa shape index (κ2) is 6.26. The lowest BCUT2D eigenvalue weighted by Crippen LogP contribution is -2.39. The zero-order valence-electron chi connectivity index (χ0n) is 12.0. The molecule has 0 spiro atoms. The number of rotatable bonds is 3. The van der Waals surface area contributed by atoms with Crippen molar-refractivity contribution in [3.8, 4) is 0 Å². The largest absolute Gasteiger partial charge is 0.352 e. The van der Waals surface area contributed by atoms with Crippen LogP contribution in [0, 0.1) is 0 Å². The summed E-state index contributed by atoms with van der Waals surface area (Å²) in [5.74, 6) is 0.981. The van der Waals surface area contributed by atoms with E-state index in [0.29, 0.717) is 6.54 Å². The number of carbonyl (C=O) groups is 1. The van der Waals surface area contributed by atoms with Crippen LogP contribution in [-0.2, 0) is 13.6 Å². The monoisotopic (exact) mass is 301 g/mol. The van der Waals surface area contributed by atoms with Crippen LogP contribution >= 0.6 is 11.8 Å². The van der Waals surface area contributed by atoms with Crippen molar-refractivity contribution in [2.75, 3.05) is 12.3 Å².